The van der Waals surface area contributed by atoms with E-state index >= 15 is 0 Å². The smallest absolute Gasteiger partial charge is 0.0242 e. The summed E-state index contributed by atoms with van der Waals surface area (Å²) in [5.41, 5.74) is 1.43. The third kappa shape index (κ3) is 4.33. The summed E-state index contributed by atoms with van der Waals surface area (Å²) in [6.45, 7) is 4.39. The number of nitrogens with zero attached hydrogens (tertiary/aromatic N) is 1. The molecule has 0 bridgehead atoms. The fourth-order valence-electron chi connectivity index (χ4n) is 1.85. The molecule has 15 heavy (non-hydrogen) atoms. The summed E-state index contributed by atoms with van der Waals surface area (Å²) in [4.78, 5) is 2.45. The first-order valence-corrected chi connectivity index (χ1v) is 6.58. The number of hydrogen-bond acceptors (Lipinski definition) is 3. The number of rotatable bonds is 7. The first-order valence-electron chi connectivity index (χ1n) is 5.63. The molecule has 0 radical (unpaired) electrons. The van der Waals surface area contributed by atoms with Gasteiger partial charge in [-0.3, -0.25) is 4.90 Å². The first-order chi connectivity index (χ1) is 7.27. The molecule has 1 aromatic heterocycles. The van der Waals surface area contributed by atoms with Gasteiger partial charge in [0.25, 0.3) is 0 Å². The minimum absolute atomic E-state index is 0.653. The Balaban J connectivity index is 2.44. The van der Waals surface area contributed by atoms with Crippen molar-refractivity contribution in [1.82, 2.24) is 10.2 Å². The Morgan fingerprint density at radius 2 is 2.33 bits per heavy atom. The van der Waals surface area contributed by atoms with Gasteiger partial charge in [0.05, 0.1) is 0 Å². The van der Waals surface area contributed by atoms with Crippen molar-refractivity contribution in [3.63, 3.8) is 0 Å². The van der Waals surface area contributed by atoms with Crippen molar-refractivity contribution >= 4 is 11.3 Å². The summed E-state index contributed by atoms with van der Waals surface area (Å²) in [5.74, 6) is 0. The van der Waals surface area contributed by atoms with Gasteiger partial charge in [-0.25, -0.2) is 0 Å². The minimum atomic E-state index is 0.653. The normalized spacial score (nSPS) is 13.3. The zero-order valence-electron chi connectivity index (χ0n) is 9.99. The van der Waals surface area contributed by atoms with Crippen molar-refractivity contribution in [3.05, 3.63) is 22.4 Å². The zero-order chi connectivity index (χ0) is 11.1. The van der Waals surface area contributed by atoms with Crippen LogP contribution in [0.5, 0.6) is 0 Å². The van der Waals surface area contributed by atoms with Crippen LogP contribution in [0.25, 0.3) is 0 Å². The highest BCUT2D eigenvalue weighted by molar-refractivity contribution is 7.07. The van der Waals surface area contributed by atoms with E-state index in [0.717, 1.165) is 13.1 Å². The Hall–Kier alpha value is -0.380. The third-order valence-corrected chi connectivity index (χ3v) is 3.43. The summed E-state index contributed by atoms with van der Waals surface area (Å²) >= 11 is 1.78. The molecular weight excluding hydrogens is 204 g/mol. The van der Waals surface area contributed by atoms with Crippen LogP contribution < -0.4 is 5.32 Å². The van der Waals surface area contributed by atoms with Gasteiger partial charge >= 0.3 is 0 Å². The fraction of sp³-hybridized carbons (Fsp3) is 0.667. The predicted octanol–water partition coefficient (Wildman–Crippen LogP) is 2.57. The predicted molar refractivity (Wildman–Crippen MR) is 68.4 cm³/mol. The van der Waals surface area contributed by atoms with Crippen LogP contribution >= 0.6 is 11.3 Å². The van der Waals surface area contributed by atoms with E-state index in [-0.39, 0.29) is 0 Å². The SMILES string of the molecule is CCCC(CNC)N(C)Cc1ccsc1. The monoisotopic (exact) mass is 226 g/mol. The van der Waals surface area contributed by atoms with Gasteiger partial charge in [-0.2, -0.15) is 11.3 Å². The van der Waals surface area contributed by atoms with Gasteiger partial charge < -0.3 is 5.32 Å². The quantitative estimate of drug-likeness (QED) is 0.769. The molecule has 0 aliphatic carbocycles. The molecule has 0 spiro atoms. The molecule has 3 heteroatoms. The average molecular weight is 226 g/mol. The minimum Gasteiger partial charge on any atom is -0.318 e. The first kappa shape index (κ1) is 12.7. The Morgan fingerprint density at radius 1 is 1.53 bits per heavy atom. The van der Waals surface area contributed by atoms with Crippen molar-refractivity contribution in [1.29, 1.82) is 0 Å². The van der Waals surface area contributed by atoms with Crippen molar-refractivity contribution in [2.75, 3.05) is 20.6 Å². The molecule has 0 amide bonds. The largest absolute Gasteiger partial charge is 0.318 e. The molecule has 0 aliphatic rings. The summed E-state index contributed by atoms with van der Waals surface area (Å²) in [5, 5.41) is 7.66. The number of likely N-dealkylation sites (N-methyl/N-ethyl adjacent to an activating group) is 2. The van der Waals surface area contributed by atoms with E-state index < -0.39 is 0 Å². The van der Waals surface area contributed by atoms with Crippen LogP contribution in [0.15, 0.2) is 16.8 Å². The molecule has 1 aromatic rings. The molecule has 1 N–H and O–H groups in total. The maximum absolute atomic E-state index is 3.27. The fourth-order valence-corrected chi connectivity index (χ4v) is 2.51. The van der Waals surface area contributed by atoms with Gasteiger partial charge in [0.15, 0.2) is 0 Å². The molecule has 0 saturated carbocycles. The van der Waals surface area contributed by atoms with E-state index in [1.807, 2.05) is 7.05 Å². The van der Waals surface area contributed by atoms with Crippen LogP contribution in [0.4, 0.5) is 0 Å². The van der Waals surface area contributed by atoms with Crippen molar-refractivity contribution < 1.29 is 0 Å². The molecule has 0 aromatic carbocycles. The van der Waals surface area contributed by atoms with Crippen LogP contribution in [-0.4, -0.2) is 31.6 Å². The van der Waals surface area contributed by atoms with Crippen LogP contribution in [0.2, 0.25) is 0 Å². The maximum Gasteiger partial charge on any atom is 0.0242 e. The van der Waals surface area contributed by atoms with E-state index in [2.05, 4.69) is 41.0 Å². The lowest BCUT2D eigenvalue weighted by Crippen LogP contribution is -2.38. The highest BCUT2D eigenvalue weighted by Gasteiger charge is 2.12. The second-order valence-electron chi connectivity index (χ2n) is 4.05. The summed E-state index contributed by atoms with van der Waals surface area (Å²) in [6, 6.07) is 2.86. The summed E-state index contributed by atoms with van der Waals surface area (Å²) in [7, 11) is 4.25. The summed E-state index contributed by atoms with van der Waals surface area (Å²) < 4.78 is 0. The van der Waals surface area contributed by atoms with Crippen LogP contribution in [0.3, 0.4) is 0 Å². The molecule has 86 valence electrons. The lowest BCUT2D eigenvalue weighted by atomic mass is 10.1. The molecular formula is C12H22N2S. The molecule has 1 atom stereocenters. The van der Waals surface area contributed by atoms with Crippen LogP contribution in [0, 0.1) is 0 Å². The van der Waals surface area contributed by atoms with Gasteiger partial charge in [0.2, 0.25) is 0 Å². The third-order valence-electron chi connectivity index (χ3n) is 2.70. The number of nitrogens with one attached hydrogen (secondary N) is 1. The zero-order valence-corrected chi connectivity index (χ0v) is 10.8. The Kier molecular flexibility index (Phi) is 5.91. The van der Waals surface area contributed by atoms with Gasteiger partial charge in [0.1, 0.15) is 0 Å². The lowest BCUT2D eigenvalue weighted by molar-refractivity contribution is 0.218. The molecule has 1 rings (SSSR count). The summed E-state index contributed by atoms with van der Waals surface area (Å²) in [6.07, 6.45) is 2.52. The van der Waals surface area contributed by atoms with E-state index in [4.69, 9.17) is 0 Å². The maximum atomic E-state index is 3.27. The highest BCUT2D eigenvalue weighted by atomic mass is 32.1. The van der Waals surface area contributed by atoms with Crippen molar-refractivity contribution in [2.24, 2.45) is 0 Å². The highest BCUT2D eigenvalue weighted by Crippen LogP contribution is 2.12. The van der Waals surface area contributed by atoms with Crippen LogP contribution in [-0.2, 0) is 6.54 Å². The van der Waals surface area contributed by atoms with Gasteiger partial charge in [0, 0.05) is 19.1 Å². The topological polar surface area (TPSA) is 15.3 Å². The second kappa shape index (κ2) is 6.99. The van der Waals surface area contributed by atoms with Gasteiger partial charge in [-0.05, 0) is 42.9 Å². The Morgan fingerprint density at radius 3 is 2.87 bits per heavy atom. The molecule has 2 nitrogen and oxygen atoms in total. The lowest BCUT2D eigenvalue weighted by Gasteiger charge is -2.27. The van der Waals surface area contributed by atoms with E-state index in [0.29, 0.717) is 6.04 Å². The van der Waals surface area contributed by atoms with E-state index in [1.165, 1.54) is 18.4 Å². The Bertz CT molecular complexity index is 240. The van der Waals surface area contributed by atoms with Gasteiger partial charge in [-0.15, -0.1) is 0 Å². The second-order valence-corrected chi connectivity index (χ2v) is 4.83. The van der Waals surface area contributed by atoms with Crippen molar-refractivity contribution in [2.45, 2.75) is 32.4 Å². The van der Waals surface area contributed by atoms with E-state index in [1.54, 1.807) is 11.3 Å². The average Bonchev–Trinajstić information content (AvgIpc) is 2.70. The van der Waals surface area contributed by atoms with E-state index in [9.17, 15) is 0 Å². The molecule has 1 unspecified atom stereocenters. The molecule has 0 saturated heterocycles. The number of hydrogen-bond donors (Lipinski definition) is 1. The molecule has 0 fully saturated rings. The Labute approximate surface area is 97.3 Å². The number of thiophene rings is 1. The molecule has 1 heterocycles. The standard InChI is InChI=1S/C12H22N2S/c1-4-5-12(8-13-2)14(3)9-11-6-7-15-10-11/h6-7,10,12-13H,4-5,8-9H2,1-3H3. The van der Waals surface area contributed by atoms with Crippen molar-refractivity contribution in [3.8, 4) is 0 Å². The van der Waals surface area contributed by atoms with Crippen LogP contribution in [0.1, 0.15) is 25.3 Å². The molecule has 0 aliphatic heterocycles. The van der Waals surface area contributed by atoms with Gasteiger partial charge in [-0.1, -0.05) is 13.3 Å².